The number of ether oxygens (including phenoxy) is 1. The van der Waals surface area contributed by atoms with E-state index in [1.807, 2.05) is 6.07 Å². The van der Waals surface area contributed by atoms with Gasteiger partial charge in [0.05, 0.1) is 6.42 Å². The molecule has 1 saturated heterocycles. The summed E-state index contributed by atoms with van der Waals surface area (Å²) in [5.41, 5.74) is 2.94. The number of aromatic amines is 1. The highest BCUT2D eigenvalue weighted by Crippen LogP contribution is 2.36. The summed E-state index contributed by atoms with van der Waals surface area (Å²) in [5.74, 6) is -0.536. The van der Waals surface area contributed by atoms with Crippen LogP contribution in [0.5, 0.6) is 5.75 Å². The second kappa shape index (κ2) is 10.6. The predicted molar refractivity (Wildman–Crippen MR) is 141 cm³/mol. The van der Waals surface area contributed by atoms with Crippen molar-refractivity contribution < 1.29 is 28.3 Å². The van der Waals surface area contributed by atoms with E-state index in [1.165, 1.54) is 17.4 Å². The Bertz CT molecular complexity index is 1500. The van der Waals surface area contributed by atoms with Crippen molar-refractivity contribution in [2.45, 2.75) is 63.6 Å². The molecule has 2 fully saturated rings. The molecule has 1 atom stereocenters. The summed E-state index contributed by atoms with van der Waals surface area (Å²) in [7, 11) is 0. The molecule has 3 aromatic rings. The number of carbonyl (C=O) groups is 4. The average molecular weight is 546 g/mol. The van der Waals surface area contributed by atoms with Crippen LogP contribution in [0.15, 0.2) is 42.5 Å². The van der Waals surface area contributed by atoms with Crippen molar-refractivity contribution in [1.82, 2.24) is 20.4 Å². The average Bonchev–Trinajstić information content (AvgIpc) is 3.46. The summed E-state index contributed by atoms with van der Waals surface area (Å²) < 4.78 is 20.6. The summed E-state index contributed by atoms with van der Waals surface area (Å²) in [5, 5.41) is 12.2. The highest BCUT2D eigenvalue weighted by atomic mass is 19.1. The van der Waals surface area contributed by atoms with Gasteiger partial charge in [-0.3, -0.25) is 29.6 Å². The molecule has 4 amide bonds. The second-order valence-electron chi connectivity index (χ2n) is 10.5. The zero-order valence-corrected chi connectivity index (χ0v) is 21.7. The Morgan fingerprint density at radius 3 is 2.62 bits per heavy atom. The molecular weight excluding hydrogens is 517 g/mol. The summed E-state index contributed by atoms with van der Waals surface area (Å²) in [6.45, 7) is 0.0959. The Labute approximate surface area is 229 Å². The molecule has 1 unspecified atom stereocenters. The maximum absolute atomic E-state index is 14.8. The molecule has 2 aliphatic heterocycles. The minimum absolute atomic E-state index is 0.0615. The van der Waals surface area contributed by atoms with Gasteiger partial charge >= 0.3 is 0 Å². The summed E-state index contributed by atoms with van der Waals surface area (Å²) >= 11 is 0. The van der Waals surface area contributed by atoms with Gasteiger partial charge in [-0.2, -0.15) is 5.10 Å². The van der Waals surface area contributed by atoms with Crippen molar-refractivity contribution in [3.05, 3.63) is 76.2 Å². The highest BCUT2D eigenvalue weighted by Gasteiger charge is 2.39. The van der Waals surface area contributed by atoms with Crippen LogP contribution in [-0.2, 0) is 34.0 Å². The van der Waals surface area contributed by atoms with Crippen molar-refractivity contribution in [2.75, 3.05) is 5.32 Å². The maximum Gasteiger partial charge on any atom is 0.255 e. The number of hydrogen-bond donors (Lipinski definition) is 3. The Morgan fingerprint density at radius 1 is 1.10 bits per heavy atom. The van der Waals surface area contributed by atoms with E-state index in [0.717, 1.165) is 24.1 Å². The molecule has 1 aromatic heterocycles. The highest BCUT2D eigenvalue weighted by molar-refractivity contribution is 6.05. The van der Waals surface area contributed by atoms with E-state index in [9.17, 15) is 23.6 Å². The third-order valence-electron chi connectivity index (χ3n) is 7.78. The number of aromatic nitrogens is 2. The number of rotatable bonds is 8. The molecule has 3 aliphatic rings. The first-order valence-corrected chi connectivity index (χ1v) is 13.4. The Morgan fingerprint density at radius 2 is 1.90 bits per heavy atom. The van der Waals surface area contributed by atoms with Gasteiger partial charge < -0.3 is 15.0 Å². The Balaban J connectivity index is 1.04. The quantitative estimate of drug-likeness (QED) is 0.372. The number of fused-ring (bicyclic) bond motifs is 1. The van der Waals surface area contributed by atoms with Gasteiger partial charge in [0, 0.05) is 41.8 Å². The van der Waals surface area contributed by atoms with Gasteiger partial charge in [0.2, 0.25) is 17.7 Å². The first kappa shape index (κ1) is 25.7. The molecule has 40 heavy (non-hydrogen) atoms. The molecule has 6 rings (SSSR count). The van der Waals surface area contributed by atoms with E-state index < -0.39 is 23.7 Å². The van der Waals surface area contributed by atoms with Crippen LogP contribution in [0, 0.1) is 5.82 Å². The standard InChI is InChI=1S/C29H28FN5O5/c30-22-12-21-18(14-35(29(21)39)24-8-9-26(36)32-28(24)38)11-19(22)15-40-20-6-4-16(5-7-20)10-27(37)31-25-13-23(33-34-25)17-2-1-3-17/h4-7,11-13,17,24H,1-3,8-10,14-15H2,(H,32,36,38)(H2,31,33,34,37). The van der Waals surface area contributed by atoms with Crippen molar-refractivity contribution in [2.24, 2.45) is 0 Å². The minimum Gasteiger partial charge on any atom is -0.489 e. The number of nitrogens with one attached hydrogen (secondary N) is 3. The fraction of sp³-hybridized carbons (Fsp3) is 0.345. The topological polar surface area (TPSA) is 133 Å². The van der Waals surface area contributed by atoms with Gasteiger partial charge in [-0.1, -0.05) is 18.6 Å². The van der Waals surface area contributed by atoms with Crippen LogP contribution in [0.25, 0.3) is 0 Å². The van der Waals surface area contributed by atoms with Crippen molar-refractivity contribution >= 4 is 29.4 Å². The lowest BCUT2D eigenvalue weighted by Crippen LogP contribution is -2.52. The van der Waals surface area contributed by atoms with Gasteiger partial charge in [0.15, 0.2) is 5.82 Å². The Kier molecular flexibility index (Phi) is 6.79. The molecule has 1 aliphatic carbocycles. The predicted octanol–water partition coefficient (Wildman–Crippen LogP) is 3.34. The summed E-state index contributed by atoms with van der Waals surface area (Å²) in [6, 6.07) is 10.9. The summed E-state index contributed by atoms with van der Waals surface area (Å²) in [4.78, 5) is 50.4. The largest absolute Gasteiger partial charge is 0.489 e. The SMILES string of the molecule is O=C1CCC(N2Cc3cc(COc4ccc(CC(=O)Nc5cc(C6CCC6)[nH]n5)cc4)c(F)cc3C2=O)C(=O)N1. The van der Waals surface area contributed by atoms with Gasteiger partial charge in [0.25, 0.3) is 5.91 Å². The number of imide groups is 1. The summed E-state index contributed by atoms with van der Waals surface area (Å²) in [6.07, 6.45) is 4.07. The first-order valence-electron chi connectivity index (χ1n) is 13.4. The number of benzene rings is 2. The number of piperidine rings is 1. The molecule has 206 valence electrons. The minimum atomic E-state index is -0.759. The lowest BCUT2D eigenvalue weighted by atomic mass is 9.83. The zero-order valence-electron chi connectivity index (χ0n) is 21.7. The fourth-order valence-corrected chi connectivity index (χ4v) is 5.32. The maximum atomic E-state index is 14.8. The normalized spacial score (nSPS) is 18.8. The van der Waals surface area contributed by atoms with Crippen LogP contribution >= 0.6 is 0 Å². The van der Waals surface area contributed by atoms with Gasteiger partial charge in [-0.15, -0.1) is 0 Å². The lowest BCUT2D eigenvalue weighted by molar-refractivity contribution is -0.137. The van der Waals surface area contributed by atoms with Gasteiger partial charge in [-0.05, 0) is 54.7 Å². The van der Waals surface area contributed by atoms with Crippen LogP contribution in [0.4, 0.5) is 10.2 Å². The number of hydrogen-bond acceptors (Lipinski definition) is 6. The second-order valence-corrected chi connectivity index (χ2v) is 10.5. The molecule has 3 N–H and O–H groups in total. The number of anilines is 1. The van der Waals surface area contributed by atoms with E-state index in [1.54, 1.807) is 30.3 Å². The van der Waals surface area contributed by atoms with Crippen LogP contribution in [-0.4, -0.2) is 44.8 Å². The molecule has 11 heteroatoms. The van der Waals surface area contributed by atoms with E-state index in [0.29, 0.717) is 23.0 Å². The Hall–Kier alpha value is -4.54. The molecule has 0 radical (unpaired) electrons. The number of nitrogens with zero attached hydrogens (tertiary/aromatic N) is 2. The smallest absolute Gasteiger partial charge is 0.255 e. The zero-order chi connectivity index (χ0) is 27.8. The third-order valence-corrected chi connectivity index (χ3v) is 7.78. The molecule has 10 nitrogen and oxygen atoms in total. The lowest BCUT2D eigenvalue weighted by Gasteiger charge is -2.29. The van der Waals surface area contributed by atoms with Crippen molar-refractivity contribution in [3.63, 3.8) is 0 Å². The first-order chi connectivity index (χ1) is 19.3. The van der Waals surface area contributed by atoms with E-state index in [4.69, 9.17) is 4.74 Å². The van der Waals surface area contributed by atoms with E-state index in [-0.39, 0.29) is 55.4 Å². The van der Waals surface area contributed by atoms with Crippen molar-refractivity contribution in [1.29, 1.82) is 0 Å². The molecule has 1 saturated carbocycles. The van der Waals surface area contributed by atoms with Crippen LogP contribution in [0.3, 0.4) is 0 Å². The monoisotopic (exact) mass is 545 g/mol. The molecular formula is C29H28FN5O5. The molecule has 2 aromatic carbocycles. The number of H-pyrrole nitrogens is 1. The number of amides is 4. The molecule has 3 heterocycles. The fourth-order valence-electron chi connectivity index (χ4n) is 5.32. The van der Waals surface area contributed by atoms with Crippen LogP contribution in [0.1, 0.15) is 70.8 Å². The number of halogens is 1. The number of carbonyl (C=O) groups excluding carboxylic acids is 4. The van der Waals surface area contributed by atoms with E-state index in [2.05, 4.69) is 20.8 Å². The van der Waals surface area contributed by atoms with Gasteiger partial charge in [0.1, 0.15) is 24.2 Å². The van der Waals surface area contributed by atoms with E-state index >= 15 is 0 Å². The van der Waals surface area contributed by atoms with Gasteiger partial charge in [-0.25, -0.2) is 4.39 Å². The molecule has 0 bridgehead atoms. The third kappa shape index (κ3) is 5.18. The van der Waals surface area contributed by atoms with Crippen LogP contribution < -0.4 is 15.4 Å². The van der Waals surface area contributed by atoms with Crippen LogP contribution in [0.2, 0.25) is 0 Å². The molecule has 0 spiro atoms. The van der Waals surface area contributed by atoms with Crippen molar-refractivity contribution in [3.8, 4) is 5.75 Å².